The molecule has 0 bridgehead atoms. The Morgan fingerprint density at radius 3 is 2.72 bits per heavy atom. The molecule has 0 aliphatic heterocycles. The Kier molecular flexibility index (Phi) is 5.72. The number of methoxy groups -OCH3 is 1. The zero-order chi connectivity index (χ0) is 13.5. The lowest BCUT2D eigenvalue weighted by Crippen LogP contribution is -2.26. The summed E-state index contributed by atoms with van der Waals surface area (Å²) in [4.78, 5) is 2.29. The van der Waals surface area contributed by atoms with Gasteiger partial charge in [-0.1, -0.05) is 19.1 Å². The van der Waals surface area contributed by atoms with Crippen LogP contribution in [0.25, 0.3) is 0 Å². The molecule has 0 amide bonds. The van der Waals surface area contributed by atoms with Crippen LogP contribution in [0.3, 0.4) is 0 Å². The van der Waals surface area contributed by atoms with Crippen molar-refractivity contribution in [1.82, 2.24) is 0 Å². The predicted octanol–water partition coefficient (Wildman–Crippen LogP) is 3.12. The molecule has 0 spiro atoms. The number of anilines is 1. The minimum absolute atomic E-state index is 0.0553. The summed E-state index contributed by atoms with van der Waals surface area (Å²) >= 11 is 0. The Labute approximate surface area is 110 Å². The third-order valence-corrected chi connectivity index (χ3v) is 2.90. The van der Waals surface area contributed by atoms with Crippen LogP contribution in [0.15, 0.2) is 30.9 Å². The van der Waals surface area contributed by atoms with Crippen molar-refractivity contribution in [1.29, 1.82) is 0 Å². The minimum atomic E-state index is -0.0553. The summed E-state index contributed by atoms with van der Waals surface area (Å²) in [6.45, 7) is 9.78. The highest BCUT2D eigenvalue weighted by atomic mass is 16.5. The fourth-order valence-corrected chi connectivity index (χ4v) is 2.18. The van der Waals surface area contributed by atoms with Gasteiger partial charge in [0, 0.05) is 30.4 Å². The van der Waals surface area contributed by atoms with Gasteiger partial charge < -0.3 is 15.4 Å². The molecule has 3 nitrogen and oxygen atoms in total. The van der Waals surface area contributed by atoms with E-state index in [1.165, 1.54) is 0 Å². The fourth-order valence-electron chi connectivity index (χ4n) is 2.18. The average molecular weight is 248 g/mol. The standard InChI is InChI=1S/C15H24N2O/c1-5-10-17(11-6-2)13-8-7-9-14(18-4)15(13)12(3)16/h5,7-9,12H,1,6,10-11,16H2,2-4H3/t12-/m0/s1. The van der Waals surface area contributed by atoms with E-state index in [4.69, 9.17) is 10.5 Å². The number of ether oxygens (including phenoxy) is 1. The Bertz CT molecular complexity index is 388. The Balaban J connectivity index is 3.22. The molecule has 0 aliphatic carbocycles. The van der Waals surface area contributed by atoms with E-state index in [1.807, 2.05) is 25.1 Å². The Hall–Kier alpha value is -1.48. The van der Waals surface area contributed by atoms with Crippen LogP contribution >= 0.6 is 0 Å². The van der Waals surface area contributed by atoms with E-state index in [2.05, 4.69) is 24.5 Å². The molecule has 0 radical (unpaired) electrons. The first-order chi connectivity index (χ1) is 8.65. The molecule has 1 aromatic rings. The molecule has 18 heavy (non-hydrogen) atoms. The van der Waals surface area contributed by atoms with Crippen LogP contribution in [0.1, 0.15) is 31.9 Å². The molecule has 1 rings (SSSR count). The molecule has 3 heteroatoms. The van der Waals surface area contributed by atoms with Crippen molar-refractivity contribution in [2.75, 3.05) is 25.1 Å². The van der Waals surface area contributed by atoms with E-state index in [9.17, 15) is 0 Å². The normalized spacial score (nSPS) is 12.0. The van der Waals surface area contributed by atoms with Gasteiger partial charge in [0.15, 0.2) is 0 Å². The maximum absolute atomic E-state index is 6.09. The number of rotatable bonds is 7. The molecule has 2 N–H and O–H groups in total. The van der Waals surface area contributed by atoms with Crippen molar-refractivity contribution < 1.29 is 4.74 Å². The van der Waals surface area contributed by atoms with E-state index >= 15 is 0 Å². The third-order valence-electron chi connectivity index (χ3n) is 2.90. The van der Waals surface area contributed by atoms with Crippen LogP contribution in [0.2, 0.25) is 0 Å². The summed E-state index contributed by atoms with van der Waals surface area (Å²) < 4.78 is 5.42. The van der Waals surface area contributed by atoms with Crippen LogP contribution in [0.5, 0.6) is 5.75 Å². The SMILES string of the molecule is C=CCN(CCC)c1cccc(OC)c1[C@H](C)N. The second-order valence-corrected chi connectivity index (χ2v) is 4.42. The summed E-state index contributed by atoms with van der Waals surface area (Å²) in [6.07, 6.45) is 3.00. The van der Waals surface area contributed by atoms with E-state index in [1.54, 1.807) is 7.11 Å². The summed E-state index contributed by atoms with van der Waals surface area (Å²) in [5, 5.41) is 0. The zero-order valence-corrected chi connectivity index (χ0v) is 11.6. The zero-order valence-electron chi connectivity index (χ0n) is 11.6. The predicted molar refractivity (Wildman–Crippen MR) is 78.3 cm³/mol. The van der Waals surface area contributed by atoms with Crippen LogP contribution < -0.4 is 15.4 Å². The van der Waals surface area contributed by atoms with Crippen LogP contribution in [0.4, 0.5) is 5.69 Å². The molecule has 0 heterocycles. The summed E-state index contributed by atoms with van der Waals surface area (Å²) in [6, 6.07) is 6.01. The average Bonchev–Trinajstić information content (AvgIpc) is 2.37. The second kappa shape index (κ2) is 7.07. The molecular formula is C15H24N2O. The Morgan fingerprint density at radius 2 is 2.22 bits per heavy atom. The highest BCUT2D eigenvalue weighted by molar-refractivity contribution is 5.61. The van der Waals surface area contributed by atoms with Crippen LogP contribution in [0, 0.1) is 0 Å². The molecule has 0 saturated heterocycles. The third kappa shape index (κ3) is 3.26. The van der Waals surface area contributed by atoms with Crippen molar-refractivity contribution in [2.24, 2.45) is 5.73 Å². The van der Waals surface area contributed by atoms with Gasteiger partial charge in [0.2, 0.25) is 0 Å². The van der Waals surface area contributed by atoms with Gasteiger partial charge in [-0.15, -0.1) is 6.58 Å². The van der Waals surface area contributed by atoms with Crippen molar-refractivity contribution in [2.45, 2.75) is 26.3 Å². The molecular weight excluding hydrogens is 224 g/mol. The van der Waals surface area contributed by atoms with Crippen molar-refractivity contribution in [3.8, 4) is 5.75 Å². The van der Waals surface area contributed by atoms with Gasteiger partial charge >= 0.3 is 0 Å². The second-order valence-electron chi connectivity index (χ2n) is 4.42. The summed E-state index contributed by atoms with van der Waals surface area (Å²) in [7, 11) is 1.68. The smallest absolute Gasteiger partial charge is 0.125 e. The van der Waals surface area contributed by atoms with Gasteiger partial charge in [-0.2, -0.15) is 0 Å². The molecule has 0 aliphatic rings. The minimum Gasteiger partial charge on any atom is -0.496 e. The molecule has 0 aromatic heterocycles. The van der Waals surface area contributed by atoms with E-state index in [0.717, 1.165) is 36.5 Å². The van der Waals surface area contributed by atoms with Crippen LogP contribution in [-0.2, 0) is 0 Å². The molecule has 1 aromatic carbocycles. The number of hydrogen-bond donors (Lipinski definition) is 1. The highest BCUT2D eigenvalue weighted by Gasteiger charge is 2.16. The lowest BCUT2D eigenvalue weighted by Gasteiger charge is -2.27. The summed E-state index contributed by atoms with van der Waals surface area (Å²) in [5.41, 5.74) is 8.30. The number of hydrogen-bond acceptors (Lipinski definition) is 3. The number of nitrogens with zero attached hydrogens (tertiary/aromatic N) is 1. The Morgan fingerprint density at radius 1 is 1.50 bits per heavy atom. The lowest BCUT2D eigenvalue weighted by atomic mass is 10.0. The lowest BCUT2D eigenvalue weighted by molar-refractivity contribution is 0.407. The number of benzene rings is 1. The van der Waals surface area contributed by atoms with Gasteiger partial charge in [0.25, 0.3) is 0 Å². The van der Waals surface area contributed by atoms with Gasteiger partial charge in [-0.3, -0.25) is 0 Å². The molecule has 0 unspecified atom stereocenters. The topological polar surface area (TPSA) is 38.5 Å². The van der Waals surface area contributed by atoms with Crippen molar-refractivity contribution in [3.05, 3.63) is 36.4 Å². The van der Waals surface area contributed by atoms with Crippen LogP contribution in [-0.4, -0.2) is 20.2 Å². The van der Waals surface area contributed by atoms with Gasteiger partial charge in [0.1, 0.15) is 5.75 Å². The quantitative estimate of drug-likeness (QED) is 0.753. The number of nitrogens with two attached hydrogens (primary N) is 1. The van der Waals surface area contributed by atoms with Crippen molar-refractivity contribution >= 4 is 5.69 Å². The summed E-state index contributed by atoms with van der Waals surface area (Å²) in [5.74, 6) is 0.854. The maximum Gasteiger partial charge on any atom is 0.125 e. The van der Waals surface area contributed by atoms with Gasteiger partial charge in [-0.05, 0) is 25.5 Å². The molecule has 0 saturated carbocycles. The molecule has 1 atom stereocenters. The first-order valence-electron chi connectivity index (χ1n) is 6.44. The van der Waals surface area contributed by atoms with Crippen molar-refractivity contribution in [3.63, 3.8) is 0 Å². The monoisotopic (exact) mass is 248 g/mol. The molecule has 100 valence electrons. The van der Waals surface area contributed by atoms with Gasteiger partial charge in [-0.25, -0.2) is 0 Å². The first kappa shape index (κ1) is 14.6. The van der Waals surface area contributed by atoms with E-state index in [-0.39, 0.29) is 6.04 Å². The van der Waals surface area contributed by atoms with E-state index < -0.39 is 0 Å². The highest BCUT2D eigenvalue weighted by Crippen LogP contribution is 2.33. The van der Waals surface area contributed by atoms with E-state index in [0.29, 0.717) is 0 Å². The molecule has 0 fully saturated rings. The van der Waals surface area contributed by atoms with Gasteiger partial charge in [0.05, 0.1) is 7.11 Å². The largest absolute Gasteiger partial charge is 0.496 e. The maximum atomic E-state index is 6.09. The first-order valence-corrected chi connectivity index (χ1v) is 6.44. The fraction of sp³-hybridized carbons (Fsp3) is 0.467.